The van der Waals surface area contributed by atoms with Crippen LogP contribution in [0.2, 0.25) is 0 Å². The minimum atomic E-state index is 0.861. The predicted molar refractivity (Wildman–Crippen MR) is 257 cm³/mol. The summed E-state index contributed by atoms with van der Waals surface area (Å²) in [5.41, 5.74) is 15.6. The van der Waals surface area contributed by atoms with Crippen molar-refractivity contribution in [2.45, 2.75) is 0 Å². The molecule has 0 saturated carbocycles. The van der Waals surface area contributed by atoms with E-state index in [0.717, 1.165) is 72.2 Å². The Kier molecular flexibility index (Phi) is 8.17. The lowest BCUT2D eigenvalue weighted by atomic mass is 9.98. The molecule has 2 aromatic heterocycles. The van der Waals surface area contributed by atoms with Crippen LogP contribution in [0.1, 0.15) is 0 Å². The zero-order valence-corrected chi connectivity index (χ0v) is 33.2. The van der Waals surface area contributed by atoms with Gasteiger partial charge in [0.1, 0.15) is 11.2 Å². The summed E-state index contributed by atoms with van der Waals surface area (Å²) in [4.78, 5) is 2.39. The summed E-state index contributed by atoms with van der Waals surface area (Å²) in [6.07, 6.45) is 0. The van der Waals surface area contributed by atoms with Gasteiger partial charge in [0.2, 0.25) is 0 Å². The molecule has 12 rings (SSSR count). The molecule has 0 N–H and O–H groups in total. The number of hydrogen-bond acceptors (Lipinski definition) is 2. The average Bonchev–Trinajstić information content (AvgIpc) is 3.89. The van der Waals surface area contributed by atoms with Crippen LogP contribution in [0.25, 0.3) is 93.6 Å². The van der Waals surface area contributed by atoms with Crippen LogP contribution in [0.5, 0.6) is 0 Å². The second-order valence-electron chi connectivity index (χ2n) is 15.7. The first-order valence-electron chi connectivity index (χ1n) is 20.8. The van der Waals surface area contributed by atoms with Crippen LogP contribution in [0.4, 0.5) is 17.1 Å². The van der Waals surface area contributed by atoms with Crippen molar-refractivity contribution in [3.8, 4) is 39.1 Å². The number of benzene rings is 10. The summed E-state index contributed by atoms with van der Waals surface area (Å²) in [7, 11) is 0. The minimum absolute atomic E-state index is 0.861. The number of para-hydroxylation sites is 2. The Morgan fingerprint density at radius 3 is 1.77 bits per heavy atom. The first-order chi connectivity index (χ1) is 30.2. The normalized spacial score (nSPS) is 11.6. The van der Waals surface area contributed by atoms with Gasteiger partial charge in [-0.05, 0) is 118 Å². The van der Waals surface area contributed by atoms with E-state index in [0.29, 0.717) is 0 Å². The van der Waals surface area contributed by atoms with Crippen molar-refractivity contribution >= 4 is 71.6 Å². The highest BCUT2D eigenvalue weighted by atomic mass is 16.3. The lowest BCUT2D eigenvalue weighted by Crippen LogP contribution is -2.10. The maximum atomic E-state index is 6.73. The van der Waals surface area contributed by atoms with Crippen molar-refractivity contribution in [2.24, 2.45) is 0 Å². The van der Waals surface area contributed by atoms with Gasteiger partial charge >= 0.3 is 0 Å². The summed E-state index contributed by atoms with van der Waals surface area (Å²) >= 11 is 0. The zero-order valence-electron chi connectivity index (χ0n) is 33.2. The molecule has 0 radical (unpaired) electrons. The van der Waals surface area contributed by atoms with Gasteiger partial charge in [-0.1, -0.05) is 152 Å². The second kappa shape index (κ2) is 14.3. The summed E-state index contributed by atoms with van der Waals surface area (Å²) in [5, 5.41) is 6.93. The number of rotatable bonds is 7. The van der Waals surface area contributed by atoms with Crippen molar-refractivity contribution in [3.05, 3.63) is 231 Å². The van der Waals surface area contributed by atoms with Crippen LogP contribution < -0.4 is 4.90 Å². The van der Waals surface area contributed by atoms with Crippen molar-refractivity contribution in [2.75, 3.05) is 4.90 Å². The van der Waals surface area contributed by atoms with Crippen LogP contribution in [0.3, 0.4) is 0 Å². The van der Waals surface area contributed by atoms with Gasteiger partial charge < -0.3 is 13.9 Å². The number of anilines is 3. The van der Waals surface area contributed by atoms with Crippen molar-refractivity contribution in [1.29, 1.82) is 0 Å². The fourth-order valence-corrected chi connectivity index (χ4v) is 9.29. The molecule has 12 aromatic rings. The first-order valence-corrected chi connectivity index (χ1v) is 20.8. The lowest BCUT2D eigenvalue weighted by molar-refractivity contribution is 0.672. The van der Waals surface area contributed by atoms with Crippen molar-refractivity contribution < 1.29 is 4.42 Å². The fraction of sp³-hybridized carbons (Fsp3) is 0. The average molecular weight is 779 g/mol. The number of aromatic nitrogens is 1. The van der Waals surface area contributed by atoms with E-state index in [-0.39, 0.29) is 0 Å². The van der Waals surface area contributed by atoms with E-state index in [4.69, 9.17) is 4.42 Å². The number of hydrogen-bond donors (Lipinski definition) is 0. The van der Waals surface area contributed by atoms with Crippen molar-refractivity contribution in [1.82, 2.24) is 4.57 Å². The van der Waals surface area contributed by atoms with Crippen LogP contribution in [0, 0.1) is 0 Å². The first kappa shape index (κ1) is 34.9. The number of fused-ring (bicyclic) bond motifs is 8. The van der Waals surface area contributed by atoms with Gasteiger partial charge in [0, 0.05) is 38.6 Å². The predicted octanol–water partition coefficient (Wildman–Crippen LogP) is 16.3. The van der Waals surface area contributed by atoms with E-state index in [9.17, 15) is 0 Å². The molecular weight excluding hydrogens is 741 g/mol. The number of furan rings is 1. The molecule has 61 heavy (non-hydrogen) atoms. The Morgan fingerprint density at radius 1 is 0.344 bits per heavy atom. The molecule has 0 atom stereocenters. The second-order valence-corrected chi connectivity index (χ2v) is 15.7. The largest absolute Gasteiger partial charge is 0.455 e. The van der Waals surface area contributed by atoms with Gasteiger partial charge in [0.15, 0.2) is 0 Å². The molecule has 0 aliphatic heterocycles. The van der Waals surface area contributed by atoms with Gasteiger partial charge in [-0.25, -0.2) is 0 Å². The molecule has 0 aliphatic rings. The SMILES string of the molecule is c1ccc(-c2cccc(-c3ccc(N(c4cccc(-c5ccc6c(c5)c5ccccc5n6-c5ccccc5)c4)c4cccc5oc6c7ccccc7ccc6c45)cc3)c2)cc1. The van der Waals surface area contributed by atoms with E-state index in [1.165, 1.54) is 38.5 Å². The van der Waals surface area contributed by atoms with E-state index < -0.39 is 0 Å². The molecule has 0 aliphatic carbocycles. The van der Waals surface area contributed by atoms with E-state index in [1.54, 1.807) is 0 Å². The Hall–Kier alpha value is -8.14. The summed E-state index contributed by atoms with van der Waals surface area (Å²) in [6.45, 7) is 0. The van der Waals surface area contributed by atoms with Crippen LogP contribution >= 0.6 is 0 Å². The maximum absolute atomic E-state index is 6.73. The molecular formula is C58H38N2O. The summed E-state index contributed by atoms with van der Waals surface area (Å²) < 4.78 is 9.10. The molecule has 286 valence electrons. The van der Waals surface area contributed by atoms with Gasteiger partial charge in [-0.3, -0.25) is 0 Å². The van der Waals surface area contributed by atoms with Crippen molar-refractivity contribution in [3.63, 3.8) is 0 Å². The molecule has 0 saturated heterocycles. The quantitative estimate of drug-likeness (QED) is 0.161. The molecule has 0 spiro atoms. The van der Waals surface area contributed by atoms with Gasteiger partial charge in [0.05, 0.1) is 22.1 Å². The van der Waals surface area contributed by atoms with Crippen LogP contribution in [-0.4, -0.2) is 4.57 Å². The fourth-order valence-electron chi connectivity index (χ4n) is 9.29. The highest BCUT2D eigenvalue weighted by molar-refractivity contribution is 6.19. The smallest absolute Gasteiger partial charge is 0.143 e. The van der Waals surface area contributed by atoms with E-state index >= 15 is 0 Å². The minimum Gasteiger partial charge on any atom is -0.455 e. The Morgan fingerprint density at radius 2 is 0.951 bits per heavy atom. The van der Waals surface area contributed by atoms with Crippen LogP contribution in [0.15, 0.2) is 235 Å². The third-order valence-electron chi connectivity index (χ3n) is 12.2. The Bertz CT molecular complexity index is 3580. The topological polar surface area (TPSA) is 21.3 Å². The molecule has 0 amide bonds. The third-order valence-corrected chi connectivity index (χ3v) is 12.2. The standard InChI is InChI=1S/C58H38N2O/c1-3-14-39(15-4-1)42-17-11-18-43(36-42)40-28-32-47(33-29-40)59(55-26-13-27-56-57(55)51-34-30-41-16-7-8-23-49(41)58(51)61-56)48-22-12-19-44(37-48)45-31-35-54-52(38-45)50-24-9-10-25-53(50)60(54)46-20-5-2-6-21-46/h1-38H. The highest BCUT2D eigenvalue weighted by Gasteiger charge is 2.21. The molecule has 3 nitrogen and oxygen atoms in total. The lowest BCUT2D eigenvalue weighted by Gasteiger charge is -2.27. The maximum Gasteiger partial charge on any atom is 0.143 e. The van der Waals surface area contributed by atoms with E-state index in [2.05, 4.69) is 240 Å². The summed E-state index contributed by atoms with van der Waals surface area (Å²) in [6, 6.07) is 82.9. The Balaban J connectivity index is 1.02. The molecule has 3 heteroatoms. The monoisotopic (exact) mass is 778 g/mol. The molecule has 10 aromatic carbocycles. The summed E-state index contributed by atoms with van der Waals surface area (Å²) in [5.74, 6) is 0. The molecule has 2 heterocycles. The molecule has 0 fully saturated rings. The molecule has 0 bridgehead atoms. The van der Waals surface area contributed by atoms with E-state index in [1.807, 2.05) is 0 Å². The van der Waals surface area contributed by atoms with Crippen LogP contribution in [-0.2, 0) is 0 Å². The van der Waals surface area contributed by atoms with Gasteiger partial charge in [0.25, 0.3) is 0 Å². The Labute approximate surface area is 353 Å². The zero-order chi connectivity index (χ0) is 40.3. The van der Waals surface area contributed by atoms with Gasteiger partial charge in [-0.2, -0.15) is 0 Å². The van der Waals surface area contributed by atoms with Gasteiger partial charge in [-0.15, -0.1) is 0 Å². The number of nitrogens with zero attached hydrogens (tertiary/aromatic N) is 2. The third kappa shape index (κ3) is 5.90. The highest BCUT2D eigenvalue weighted by Crippen LogP contribution is 2.45. The molecule has 0 unspecified atom stereocenters.